The lowest BCUT2D eigenvalue weighted by atomic mass is 10.0. The molecular formula is C10H14N4. The molecule has 2 aromatic heterocycles. The standard InChI is InChI=1S/C10H14N4/c1-7(2)9-5-11-13-10(9)8-4-12-14(3)6-8/h4-7H,1-3H3,(H,11,13). The lowest BCUT2D eigenvalue weighted by Gasteiger charge is -2.02. The van der Waals surface area contributed by atoms with Crippen molar-refractivity contribution in [1.29, 1.82) is 0 Å². The SMILES string of the molecule is CC(C)c1c[nH]nc1-c1cnn(C)c1. The quantitative estimate of drug-likeness (QED) is 0.786. The fourth-order valence-electron chi connectivity index (χ4n) is 1.51. The van der Waals surface area contributed by atoms with Crippen molar-refractivity contribution in [2.24, 2.45) is 7.05 Å². The summed E-state index contributed by atoms with van der Waals surface area (Å²) in [6, 6.07) is 0. The molecular weight excluding hydrogens is 176 g/mol. The van der Waals surface area contributed by atoms with Crippen LogP contribution in [0.25, 0.3) is 11.3 Å². The van der Waals surface area contributed by atoms with Gasteiger partial charge in [-0.15, -0.1) is 0 Å². The summed E-state index contributed by atoms with van der Waals surface area (Å²) in [7, 11) is 1.91. The number of aryl methyl sites for hydroxylation is 1. The van der Waals surface area contributed by atoms with Crippen LogP contribution in [-0.2, 0) is 7.05 Å². The molecule has 1 N–H and O–H groups in total. The van der Waals surface area contributed by atoms with Gasteiger partial charge in [-0.3, -0.25) is 9.78 Å². The highest BCUT2D eigenvalue weighted by Gasteiger charge is 2.12. The zero-order valence-corrected chi connectivity index (χ0v) is 8.65. The number of H-pyrrole nitrogens is 1. The summed E-state index contributed by atoms with van der Waals surface area (Å²) >= 11 is 0. The molecule has 0 aliphatic rings. The topological polar surface area (TPSA) is 46.5 Å². The van der Waals surface area contributed by atoms with E-state index >= 15 is 0 Å². The largest absolute Gasteiger partial charge is 0.285 e. The van der Waals surface area contributed by atoms with Gasteiger partial charge in [-0.05, 0) is 5.92 Å². The van der Waals surface area contributed by atoms with Crippen molar-refractivity contribution in [2.45, 2.75) is 19.8 Å². The Hall–Kier alpha value is -1.58. The summed E-state index contributed by atoms with van der Waals surface area (Å²) in [5, 5.41) is 11.3. The summed E-state index contributed by atoms with van der Waals surface area (Å²) in [5.41, 5.74) is 3.31. The summed E-state index contributed by atoms with van der Waals surface area (Å²) in [4.78, 5) is 0. The zero-order valence-electron chi connectivity index (χ0n) is 8.65. The monoisotopic (exact) mass is 190 g/mol. The van der Waals surface area contributed by atoms with Crippen LogP contribution in [0.4, 0.5) is 0 Å². The molecule has 0 amide bonds. The Morgan fingerprint density at radius 1 is 1.43 bits per heavy atom. The Kier molecular flexibility index (Phi) is 2.11. The second kappa shape index (κ2) is 3.29. The van der Waals surface area contributed by atoms with Crippen LogP contribution < -0.4 is 0 Å². The predicted octanol–water partition coefficient (Wildman–Crippen LogP) is 1.93. The lowest BCUT2D eigenvalue weighted by molar-refractivity contribution is 0.768. The third kappa shape index (κ3) is 1.43. The van der Waals surface area contributed by atoms with E-state index in [-0.39, 0.29) is 0 Å². The Labute approximate surface area is 83.0 Å². The molecule has 0 aromatic carbocycles. The lowest BCUT2D eigenvalue weighted by Crippen LogP contribution is -1.88. The van der Waals surface area contributed by atoms with E-state index in [9.17, 15) is 0 Å². The number of nitrogens with one attached hydrogen (secondary N) is 1. The number of hydrogen-bond donors (Lipinski definition) is 1. The molecule has 0 bridgehead atoms. The molecule has 0 atom stereocenters. The molecule has 74 valence electrons. The van der Waals surface area contributed by atoms with Crippen LogP contribution in [0.1, 0.15) is 25.3 Å². The first-order valence-corrected chi connectivity index (χ1v) is 4.71. The minimum Gasteiger partial charge on any atom is -0.285 e. The summed E-state index contributed by atoms with van der Waals surface area (Å²) in [5.74, 6) is 0.476. The Balaban J connectivity index is 2.46. The first kappa shape index (κ1) is 8.99. The highest BCUT2D eigenvalue weighted by Crippen LogP contribution is 2.25. The number of nitrogens with zero attached hydrogens (tertiary/aromatic N) is 3. The van der Waals surface area contributed by atoms with Crippen molar-refractivity contribution < 1.29 is 0 Å². The van der Waals surface area contributed by atoms with Gasteiger partial charge < -0.3 is 0 Å². The highest BCUT2D eigenvalue weighted by atomic mass is 15.2. The number of hydrogen-bond acceptors (Lipinski definition) is 2. The third-order valence-electron chi connectivity index (χ3n) is 2.27. The molecule has 0 fully saturated rings. The molecule has 14 heavy (non-hydrogen) atoms. The van der Waals surface area contributed by atoms with Gasteiger partial charge in [0.25, 0.3) is 0 Å². The molecule has 4 heteroatoms. The van der Waals surface area contributed by atoms with Gasteiger partial charge in [0, 0.05) is 30.6 Å². The molecule has 0 spiro atoms. The van der Waals surface area contributed by atoms with Crippen LogP contribution in [0, 0.1) is 0 Å². The van der Waals surface area contributed by atoms with E-state index < -0.39 is 0 Å². The van der Waals surface area contributed by atoms with Crippen LogP contribution in [0.5, 0.6) is 0 Å². The first-order valence-electron chi connectivity index (χ1n) is 4.71. The molecule has 0 saturated carbocycles. The van der Waals surface area contributed by atoms with E-state index in [0.717, 1.165) is 11.3 Å². The summed E-state index contributed by atoms with van der Waals surface area (Å²) in [6.07, 6.45) is 5.76. The molecule has 4 nitrogen and oxygen atoms in total. The molecule has 2 aromatic rings. The molecule has 0 radical (unpaired) electrons. The third-order valence-corrected chi connectivity index (χ3v) is 2.27. The van der Waals surface area contributed by atoms with Crippen molar-refractivity contribution in [3.8, 4) is 11.3 Å². The highest BCUT2D eigenvalue weighted by molar-refractivity contribution is 5.61. The second-order valence-corrected chi connectivity index (χ2v) is 3.75. The fourth-order valence-corrected chi connectivity index (χ4v) is 1.51. The summed E-state index contributed by atoms with van der Waals surface area (Å²) < 4.78 is 1.79. The maximum Gasteiger partial charge on any atom is 0.0986 e. The van der Waals surface area contributed by atoms with Crippen molar-refractivity contribution in [3.63, 3.8) is 0 Å². The molecule has 0 unspecified atom stereocenters. The maximum absolute atomic E-state index is 4.24. The Bertz CT molecular complexity index is 425. The average molecular weight is 190 g/mol. The van der Waals surface area contributed by atoms with Crippen molar-refractivity contribution >= 4 is 0 Å². The van der Waals surface area contributed by atoms with Gasteiger partial charge in [-0.1, -0.05) is 13.8 Å². The van der Waals surface area contributed by atoms with Crippen LogP contribution >= 0.6 is 0 Å². The van der Waals surface area contributed by atoms with Gasteiger partial charge in [-0.2, -0.15) is 10.2 Å². The van der Waals surface area contributed by atoms with Crippen LogP contribution in [0.3, 0.4) is 0 Å². The Morgan fingerprint density at radius 3 is 2.79 bits per heavy atom. The van der Waals surface area contributed by atoms with E-state index in [1.807, 2.05) is 25.6 Å². The number of aromatic nitrogens is 4. The van der Waals surface area contributed by atoms with Crippen LogP contribution in [0.2, 0.25) is 0 Å². The first-order chi connectivity index (χ1) is 6.68. The van der Waals surface area contributed by atoms with Gasteiger partial charge in [-0.25, -0.2) is 0 Å². The maximum atomic E-state index is 4.24. The average Bonchev–Trinajstić information content (AvgIpc) is 2.70. The fraction of sp³-hybridized carbons (Fsp3) is 0.400. The van der Waals surface area contributed by atoms with E-state index in [1.54, 1.807) is 4.68 Å². The van der Waals surface area contributed by atoms with Gasteiger partial charge in [0.15, 0.2) is 0 Å². The van der Waals surface area contributed by atoms with Gasteiger partial charge >= 0.3 is 0 Å². The van der Waals surface area contributed by atoms with Crippen LogP contribution in [0.15, 0.2) is 18.6 Å². The van der Waals surface area contributed by atoms with E-state index in [2.05, 4.69) is 29.1 Å². The van der Waals surface area contributed by atoms with E-state index in [4.69, 9.17) is 0 Å². The minimum absolute atomic E-state index is 0.476. The number of rotatable bonds is 2. The van der Waals surface area contributed by atoms with Gasteiger partial charge in [0.2, 0.25) is 0 Å². The minimum atomic E-state index is 0.476. The van der Waals surface area contributed by atoms with Gasteiger partial charge in [0.1, 0.15) is 0 Å². The summed E-state index contributed by atoms with van der Waals surface area (Å²) in [6.45, 7) is 4.31. The molecule has 0 saturated heterocycles. The van der Waals surface area contributed by atoms with Gasteiger partial charge in [0.05, 0.1) is 11.9 Å². The smallest absolute Gasteiger partial charge is 0.0986 e. The molecule has 0 aliphatic heterocycles. The van der Waals surface area contributed by atoms with Crippen molar-refractivity contribution in [2.75, 3.05) is 0 Å². The molecule has 2 heterocycles. The van der Waals surface area contributed by atoms with Crippen molar-refractivity contribution in [1.82, 2.24) is 20.0 Å². The predicted molar refractivity (Wildman–Crippen MR) is 54.9 cm³/mol. The molecule has 2 rings (SSSR count). The Morgan fingerprint density at radius 2 is 2.21 bits per heavy atom. The van der Waals surface area contributed by atoms with Crippen molar-refractivity contribution in [3.05, 3.63) is 24.2 Å². The van der Waals surface area contributed by atoms with E-state index in [1.165, 1.54) is 5.56 Å². The normalized spacial score (nSPS) is 11.1. The van der Waals surface area contributed by atoms with E-state index in [0.29, 0.717) is 5.92 Å². The zero-order chi connectivity index (χ0) is 10.1. The second-order valence-electron chi connectivity index (χ2n) is 3.75. The van der Waals surface area contributed by atoms with Crippen LogP contribution in [-0.4, -0.2) is 20.0 Å². The molecule has 0 aliphatic carbocycles. The number of aromatic amines is 1.